The van der Waals surface area contributed by atoms with E-state index >= 15 is 0 Å². The molecule has 8 heteroatoms. The SMILES string of the molecule is C=CCOc1ccc(C2C3C(NNC3c3ccccc3O)C(=O)N2CCCOCC)cc1OC. The number of likely N-dealkylation sites (tertiary alicyclic amines) is 1. The Bertz CT molecular complexity index is 1010. The zero-order chi connectivity index (χ0) is 24.1. The first-order valence-electron chi connectivity index (χ1n) is 11.7. The summed E-state index contributed by atoms with van der Waals surface area (Å²) < 4.78 is 16.9. The first-order valence-corrected chi connectivity index (χ1v) is 11.7. The standard InChI is InChI=1S/C26H33N3O5/c1-4-14-34-20-12-11-17(16-21(20)32-3)25-22-23(18-9-6-7-10-19(18)30)27-28-24(22)26(31)29(25)13-8-15-33-5-2/h4,6-7,9-12,16,22-25,27-28,30H,1,5,8,13-15H2,2-3H3. The van der Waals surface area contributed by atoms with Crippen molar-refractivity contribution in [1.29, 1.82) is 0 Å². The van der Waals surface area contributed by atoms with Crippen LogP contribution in [0.15, 0.2) is 55.1 Å². The van der Waals surface area contributed by atoms with Gasteiger partial charge in [0, 0.05) is 31.2 Å². The number of nitrogens with one attached hydrogen (secondary N) is 2. The molecule has 3 N–H and O–H groups in total. The molecule has 1 amide bonds. The van der Waals surface area contributed by atoms with Crippen LogP contribution in [0.4, 0.5) is 0 Å². The fourth-order valence-corrected chi connectivity index (χ4v) is 4.98. The van der Waals surface area contributed by atoms with E-state index in [1.54, 1.807) is 25.3 Å². The van der Waals surface area contributed by atoms with E-state index in [-0.39, 0.29) is 29.7 Å². The van der Waals surface area contributed by atoms with Gasteiger partial charge in [-0.3, -0.25) is 4.79 Å². The second-order valence-electron chi connectivity index (χ2n) is 8.42. The van der Waals surface area contributed by atoms with Crippen LogP contribution in [0.1, 0.15) is 36.6 Å². The number of para-hydroxylation sites is 1. The van der Waals surface area contributed by atoms with Gasteiger partial charge in [0.15, 0.2) is 11.5 Å². The molecule has 0 saturated carbocycles. The summed E-state index contributed by atoms with van der Waals surface area (Å²) in [5.74, 6) is 1.31. The highest BCUT2D eigenvalue weighted by atomic mass is 16.5. The molecule has 34 heavy (non-hydrogen) atoms. The maximum Gasteiger partial charge on any atom is 0.242 e. The number of carbonyl (C=O) groups is 1. The number of aromatic hydroxyl groups is 1. The van der Waals surface area contributed by atoms with Crippen LogP contribution in [0.2, 0.25) is 0 Å². The zero-order valence-corrected chi connectivity index (χ0v) is 19.7. The number of methoxy groups -OCH3 is 1. The minimum Gasteiger partial charge on any atom is -0.508 e. The molecule has 8 nitrogen and oxygen atoms in total. The monoisotopic (exact) mass is 467 g/mol. The van der Waals surface area contributed by atoms with Crippen molar-refractivity contribution in [2.24, 2.45) is 5.92 Å². The second-order valence-corrected chi connectivity index (χ2v) is 8.42. The molecule has 0 spiro atoms. The van der Waals surface area contributed by atoms with E-state index in [9.17, 15) is 9.90 Å². The number of rotatable bonds is 11. The fraction of sp³-hybridized carbons (Fsp3) is 0.423. The van der Waals surface area contributed by atoms with E-state index in [0.29, 0.717) is 37.9 Å². The normalized spacial score (nSPS) is 23.7. The summed E-state index contributed by atoms with van der Waals surface area (Å²) in [6, 6.07) is 12.2. The van der Waals surface area contributed by atoms with Crippen molar-refractivity contribution in [3.05, 3.63) is 66.2 Å². The lowest BCUT2D eigenvalue weighted by Crippen LogP contribution is -2.41. The molecule has 2 saturated heterocycles. The van der Waals surface area contributed by atoms with Gasteiger partial charge in [-0.05, 0) is 37.1 Å². The molecule has 2 aliphatic rings. The topological polar surface area (TPSA) is 92.3 Å². The van der Waals surface area contributed by atoms with Gasteiger partial charge in [0.05, 0.1) is 19.2 Å². The third kappa shape index (κ3) is 4.61. The summed E-state index contributed by atoms with van der Waals surface area (Å²) in [4.78, 5) is 15.4. The molecule has 0 radical (unpaired) electrons. The van der Waals surface area contributed by atoms with Crippen molar-refractivity contribution in [2.75, 3.05) is 33.5 Å². The summed E-state index contributed by atoms with van der Waals surface area (Å²) in [6.45, 7) is 7.84. The van der Waals surface area contributed by atoms with Gasteiger partial charge < -0.3 is 24.2 Å². The van der Waals surface area contributed by atoms with Gasteiger partial charge in [0.25, 0.3) is 0 Å². The smallest absolute Gasteiger partial charge is 0.242 e. The number of hydrogen-bond donors (Lipinski definition) is 3. The van der Waals surface area contributed by atoms with Crippen LogP contribution in [-0.4, -0.2) is 55.4 Å². The number of carbonyl (C=O) groups excluding carboxylic acids is 1. The van der Waals surface area contributed by atoms with Crippen LogP contribution >= 0.6 is 0 Å². The lowest BCUT2D eigenvalue weighted by Gasteiger charge is -2.32. The number of ether oxygens (including phenoxy) is 3. The van der Waals surface area contributed by atoms with E-state index in [0.717, 1.165) is 17.5 Å². The molecule has 0 aliphatic carbocycles. The van der Waals surface area contributed by atoms with Gasteiger partial charge in [-0.15, -0.1) is 0 Å². The highest BCUT2D eigenvalue weighted by Gasteiger charge is 2.55. The molecule has 0 aromatic heterocycles. The van der Waals surface area contributed by atoms with E-state index < -0.39 is 6.04 Å². The maximum absolute atomic E-state index is 13.5. The largest absolute Gasteiger partial charge is 0.508 e. The third-order valence-electron chi connectivity index (χ3n) is 6.46. The Morgan fingerprint density at radius 2 is 1.94 bits per heavy atom. The van der Waals surface area contributed by atoms with Gasteiger partial charge in [-0.25, -0.2) is 10.9 Å². The quantitative estimate of drug-likeness (QED) is 0.345. The number of fused-ring (bicyclic) bond motifs is 1. The minimum atomic E-state index is -0.413. The van der Waals surface area contributed by atoms with Crippen molar-refractivity contribution < 1.29 is 24.1 Å². The molecule has 2 aromatic rings. The van der Waals surface area contributed by atoms with Gasteiger partial charge in [0.1, 0.15) is 18.4 Å². The summed E-state index contributed by atoms with van der Waals surface area (Å²) in [5.41, 5.74) is 8.16. The number of hydrogen-bond acceptors (Lipinski definition) is 7. The van der Waals surface area contributed by atoms with E-state index in [1.807, 2.05) is 42.2 Å². The van der Waals surface area contributed by atoms with Gasteiger partial charge >= 0.3 is 0 Å². The molecular weight excluding hydrogens is 434 g/mol. The predicted molar refractivity (Wildman–Crippen MR) is 129 cm³/mol. The Morgan fingerprint density at radius 1 is 1.15 bits per heavy atom. The molecule has 0 bridgehead atoms. The molecule has 2 aliphatic heterocycles. The molecule has 4 atom stereocenters. The van der Waals surface area contributed by atoms with Gasteiger partial charge in [-0.2, -0.15) is 0 Å². The highest BCUT2D eigenvalue weighted by Crippen LogP contribution is 2.49. The molecule has 2 aromatic carbocycles. The minimum absolute atomic E-state index is 0.0304. The maximum atomic E-state index is 13.5. The lowest BCUT2D eigenvalue weighted by atomic mass is 9.83. The first-order chi connectivity index (χ1) is 16.6. The van der Waals surface area contributed by atoms with Crippen molar-refractivity contribution in [3.63, 3.8) is 0 Å². The molecule has 2 fully saturated rings. The van der Waals surface area contributed by atoms with Crippen LogP contribution in [0.25, 0.3) is 0 Å². The molecule has 4 rings (SSSR count). The van der Waals surface area contributed by atoms with E-state index in [1.165, 1.54) is 0 Å². The van der Waals surface area contributed by atoms with Crippen molar-refractivity contribution in [1.82, 2.24) is 15.8 Å². The van der Waals surface area contributed by atoms with Crippen LogP contribution < -0.4 is 20.3 Å². The average Bonchev–Trinajstić information content (AvgIpc) is 3.39. The van der Waals surface area contributed by atoms with E-state index in [4.69, 9.17) is 14.2 Å². The van der Waals surface area contributed by atoms with E-state index in [2.05, 4.69) is 17.4 Å². The van der Waals surface area contributed by atoms with Crippen molar-refractivity contribution in [3.8, 4) is 17.2 Å². The second kappa shape index (κ2) is 10.9. The Kier molecular flexibility index (Phi) is 7.72. The summed E-state index contributed by atoms with van der Waals surface area (Å²) in [5, 5.41) is 10.6. The Balaban J connectivity index is 1.71. The van der Waals surface area contributed by atoms with Crippen LogP contribution in [-0.2, 0) is 9.53 Å². The highest BCUT2D eigenvalue weighted by molar-refractivity contribution is 5.86. The average molecular weight is 468 g/mol. The Labute approximate surface area is 200 Å². The predicted octanol–water partition coefficient (Wildman–Crippen LogP) is 3.11. The molecule has 4 unspecified atom stereocenters. The fourth-order valence-electron chi connectivity index (χ4n) is 4.98. The number of phenolic OH excluding ortho intramolecular Hbond substituents is 1. The number of phenols is 1. The summed E-state index contributed by atoms with van der Waals surface area (Å²) >= 11 is 0. The van der Waals surface area contributed by atoms with Gasteiger partial charge in [-0.1, -0.05) is 36.9 Å². The Hall–Kier alpha value is -3.07. The number of nitrogens with zero attached hydrogens (tertiary/aromatic N) is 1. The molecule has 182 valence electrons. The molecular formula is C26H33N3O5. The molecule has 2 heterocycles. The van der Waals surface area contributed by atoms with Crippen molar-refractivity contribution >= 4 is 5.91 Å². The lowest BCUT2D eigenvalue weighted by molar-refractivity contribution is -0.131. The van der Waals surface area contributed by atoms with Crippen molar-refractivity contribution in [2.45, 2.75) is 31.5 Å². The summed E-state index contributed by atoms with van der Waals surface area (Å²) in [7, 11) is 1.60. The van der Waals surface area contributed by atoms with Crippen LogP contribution in [0, 0.1) is 5.92 Å². The summed E-state index contributed by atoms with van der Waals surface area (Å²) in [6.07, 6.45) is 2.42. The van der Waals surface area contributed by atoms with Gasteiger partial charge in [0.2, 0.25) is 5.91 Å². The van der Waals surface area contributed by atoms with Crippen LogP contribution in [0.5, 0.6) is 17.2 Å². The Morgan fingerprint density at radius 3 is 2.68 bits per heavy atom. The number of amides is 1. The first kappa shape index (κ1) is 24.1. The zero-order valence-electron chi connectivity index (χ0n) is 19.7. The third-order valence-corrected chi connectivity index (χ3v) is 6.46. The number of benzene rings is 2. The number of hydrazine groups is 1. The van der Waals surface area contributed by atoms with Crippen LogP contribution in [0.3, 0.4) is 0 Å².